The predicted octanol–water partition coefficient (Wildman–Crippen LogP) is 16.4. The lowest BCUT2D eigenvalue weighted by Crippen LogP contribution is -2.28. The van der Waals surface area contributed by atoms with Crippen LogP contribution in [0.2, 0.25) is 0 Å². The largest absolute Gasteiger partial charge is 0.308 e. The van der Waals surface area contributed by atoms with Gasteiger partial charge in [0.25, 0.3) is 0 Å². The van der Waals surface area contributed by atoms with E-state index in [2.05, 4.69) is 276 Å². The number of aromatic nitrogens is 2. The fourth-order valence-corrected chi connectivity index (χ4v) is 13.7. The van der Waals surface area contributed by atoms with Crippen LogP contribution in [0.25, 0.3) is 77.2 Å². The molecule has 0 fully saturated rings. The van der Waals surface area contributed by atoms with Crippen LogP contribution in [0.3, 0.4) is 0 Å². The van der Waals surface area contributed by atoms with Crippen molar-refractivity contribution in [2.45, 2.75) is 10.8 Å². The zero-order valence-electron chi connectivity index (χ0n) is 40.0. The first-order valence-corrected chi connectivity index (χ1v) is 25.2. The highest BCUT2D eigenvalue weighted by atomic mass is 15.0. The van der Waals surface area contributed by atoms with E-state index in [9.17, 15) is 10.5 Å². The van der Waals surface area contributed by atoms with Crippen molar-refractivity contribution in [1.82, 2.24) is 9.13 Å². The number of nitrogens with zero attached hydrogens (tertiary/aromatic N) is 4. The molecule has 15 rings (SSSR count). The smallest absolute Gasteiger partial charge is 0.103 e. The molecule has 2 aliphatic rings. The maximum absolute atomic E-state index is 11.6. The quantitative estimate of drug-likeness (QED) is 0.167. The summed E-state index contributed by atoms with van der Waals surface area (Å²) in [6, 6.07) is 96.6. The first-order chi connectivity index (χ1) is 36.7. The number of para-hydroxylation sites is 2. The maximum Gasteiger partial charge on any atom is 0.103 e. The van der Waals surface area contributed by atoms with Crippen molar-refractivity contribution in [3.8, 4) is 45.8 Å². The molecule has 0 radical (unpaired) electrons. The van der Waals surface area contributed by atoms with Crippen molar-refractivity contribution in [2.24, 2.45) is 0 Å². The van der Waals surface area contributed by atoms with Crippen LogP contribution < -0.4 is 0 Å². The molecule has 0 saturated heterocycles. The van der Waals surface area contributed by atoms with Gasteiger partial charge in [0.15, 0.2) is 0 Å². The van der Waals surface area contributed by atoms with Crippen LogP contribution in [-0.2, 0) is 10.8 Å². The van der Waals surface area contributed by atoms with E-state index in [0.717, 1.165) is 43.6 Å². The van der Waals surface area contributed by atoms with Gasteiger partial charge in [0, 0.05) is 21.5 Å². The predicted molar refractivity (Wildman–Crippen MR) is 299 cm³/mol. The van der Waals surface area contributed by atoms with Gasteiger partial charge in [0.2, 0.25) is 0 Å². The first-order valence-electron chi connectivity index (χ1n) is 25.2. The molecule has 74 heavy (non-hydrogen) atoms. The molecule has 2 heterocycles. The van der Waals surface area contributed by atoms with Gasteiger partial charge in [-0.1, -0.05) is 218 Å². The van der Waals surface area contributed by atoms with Crippen LogP contribution in [0.4, 0.5) is 0 Å². The summed E-state index contributed by atoms with van der Waals surface area (Å²) in [6.07, 6.45) is 0. The monoisotopic (exact) mass is 938 g/mol. The van der Waals surface area contributed by atoms with E-state index in [1.54, 1.807) is 0 Å². The van der Waals surface area contributed by atoms with E-state index >= 15 is 0 Å². The zero-order chi connectivity index (χ0) is 49.1. The van der Waals surface area contributed by atoms with Crippen LogP contribution in [-0.4, -0.2) is 9.13 Å². The van der Waals surface area contributed by atoms with Crippen molar-refractivity contribution in [2.75, 3.05) is 0 Å². The van der Waals surface area contributed by atoms with E-state index in [0.29, 0.717) is 22.5 Å². The van der Waals surface area contributed by atoms with Gasteiger partial charge in [0.1, 0.15) is 12.1 Å². The van der Waals surface area contributed by atoms with Gasteiger partial charge in [-0.3, -0.25) is 0 Å². The molecule has 0 spiro atoms. The van der Waals surface area contributed by atoms with Crippen molar-refractivity contribution >= 4 is 43.6 Å². The highest BCUT2D eigenvalue weighted by molar-refractivity contribution is 6.17. The molecule has 0 unspecified atom stereocenters. The van der Waals surface area contributed by atoms with Gasteiger partial charge in [-0.05, 0) is 103 Å². The van der Waals surface area contributed by atoms with Gasteiger partial charge < -0.3 is 9.13 Å². The van der Waals surface area contributed by atoms with E-state index < -0.39 is 10.8 Å². The van der Waals surface area contributed by atoms with E-state index in [-0.39, 0.29) is 0 Å². The Morgan fingerprint density at radius 2 is 0.608 bits per heavy atom. The van der Waals surface area contributed by atoms with Gasteiger partial charge in [-0.25, -0.2) is 0 Å². The normalized spacial score (nSPS) is 13.6. The molecule has 0 atom stereocenters. The third kappa shape index (κ3) is 5.28. The van der Waals surface area contributed by atoms with Crippen LogP contribution in [0.15, 0.2) is 255 Å². The third-order valence-corrected chi connectivity index (χ3v) is 16.4. The van der Waals surface area contributed by atoms with Crippen LogP contribution in [0.5, 0.6) is 0 Å². The first kappa shape index (κ1) is 41.8. The fourth-order valence-electron chi connectivity index (χ4n) is 13.7. The summed E-state index contributed by atoms with van der Waals surface area (Å²) in [5.74, 6) is 0. The zero-order valence-corrected chi connectivity index (χ0v) is 40.0. The summed E-state index contributed by atoms with van der Waals surface area (Å²) in [4.78, 5) is 0. The van der Waals surface area contributed by atoms with Crippen molar-refractivity contribution < 1.29 is 0 Å². The Morgan fingerprint density at radius 3 is 0.973 bits per heavy atom. The van der Waals surface area contributed by atoms with Gasteiger partial charge >= 0.3 is 0 Å². The average molecular weight is 939 g/mol. The van der Waals surface area contributed by atoms with E-state index in [1.807, 2.05) is 0 Å². The summed E-state index contributed by atoms with van der Waals surface area (Å²) in [5, 5.41) is 27.6. The second-order valence-corrected chi connectivity index (χ2v) is 19.6. The number of nitriles is 2. The second kappa shape index (κ2) is 15.8. The maximum atomic E-state index is 11.6. The van der Waals surface area contributed by atoms with Gasteiger partial charge in [-0.2, -0.15) is 10.5 Å². The molecule has 0 bridgehead atoms. The molecule has 0 amide bonds. The number of hydrogen-bond acceptors (Lipinski definition) is 2. The second-order valence-electron chi connectivity index (χ2n) is 19.6. The standard InChI is InChI=1S/C70H42N4/c71-43-55-56(44-72)62(74-60-36-20-16-32-54(60)66-64(74)40-38-52-50-30-14-18-34-58(50)70(68(52)66,47-25-9-3-10-26-47)48-27-11-4-12-28-48)42-41-61(55)73-59-35-19-15-31-53(59)65-63(73)39-37-51-49-29-13-17-33-57(49)69(67(51)65,45-21-5-1-6-22-45)46-23-7-2-8-24-46/h1-42H. The molecule has 13 aromatic rings. The van der Waals surface area contributed by atoms with Crippen molar-refractivity contribution in [3.05, 3.63) is 310 Å². The summed E-state index contributed by atoms with van der Waals surface area (Å²) in [5.41, 5.74) is 18.9. The molecule has 342 valence electrons. The molecular formula is C70H42N4. The van der Waals surface area contributed by atoms with Crippen molar-refractivity contribution in [3.63, 3.8) is 0 Å². The van der Waals surface area contributed by atoms with Crippen LogP contribution in [0, 0.1) is 22.7 Å². The van der Waals surface area contributed by atoms with Crippen LogP contribution in [0.1, 0.15) is 55.6 Å². The molecule has 2 aromatic heterocycles. The molecule has 4 nitrogen and oxygen atoms in total. The molecule has 2 aliphatic carbocycles. The Hall–Kier alpha value is -10.0. The Morgan fingerprint density at radius 1 is 0.284 bits per heavy atom. The SMILES string of the molecule is N#Cc1c(-n2c3ccccc3c3c4c(ccc32)-c2ccccc2C4(c2ccccc2)c2ccccc2)ccc(-n2c3ccccc3c3c4c(ccc32)-c2ccccc2C4(c2ccccc2)c2ccccc2)c1C#N. The van der Waals surface area contributed by atoms with Gasteiger partial charge in [0.05, 0.1) is 55.4 Å². The third-order valence-electron chi connectivity index (χ3n) is 16.4. The van der Waals surface area contributed by atoms with E-state index in [1.165, 1.54) is 66.8 Å². The Balaban J connectivity index is 1.02. The number of benzene rings is 11. The molecule has 11 aromatic carbocycles. The topological polar surface area (TPSA) is 57.4 Å². The average Bonchev–Trinajstić information content (AvgIpc) is 4.24. The molecule has 0 N–H and O–H groups in total. The highest BCUT2D eigenvalue weighted by Gasteiger charge is 2.49. The lowest BCUT2D eigenvalue weighted by atomic mass is 9.67. The number of hydrogen-bond donors (Lipinski definition) is 0. The molecule has 0 aliphatic heterocycles. The van der Waals surface area contributed by atoms with Crippen molar-refractivity contribution in [1.29, 1.82) is 10.5 Å². The minimum absolute atomic E-state index is 0.316. The summed E-state index contributed by atoms with van der Waals surface area (Å²) in [7, 11) is 0. The lowest BCUT2D eigenvalue weighted by molar-refractivity contribution is 0.776. The lowest BCUT2D eigenvalue weighted by Gasteiger charge is -2.34. The van der Waals surface area contributed by atoms with Gasteiger partial charge in [-0.15, -0.1) is 0 Å². The summed E-state index contributed by atoms with van der Waals surface area (Å²) < 4.78 is 4.45. The Bertz CT molecular complexity index is 4180. The number of fused-ring (bicyclic) bond motifs is 14. The molecule has 4 heteroatoms. The number of rotatable bonds is 6. The molecule has 0 saturated carbocycles. The van der Waals surface area contributed by atoms with E-state index in [4.69, 9.17) is 0 Å². The summed E-state index contributed by atoms with van der Waals surface area (Å²) in [6.45, 7) is 0. The van der Waals surface area contributed by atoms with Crippen LogP contribution >= 0.6 is 0 Å². The highest BCUT2D eigenvalue weighted by Crippen LogP contribution is 2.61. The minimum Gasteiger partial charge on any atom is -0.308 e. The summed E-state index contributed by atoms with van der Waals surface area (Å²) >= 11 is 0. The Kier molecular flexibility index (Phi) is 8.89. The fraction of sp³-hybridized carbons (Fsp3) is 0.0286. The molecular weight excluding hydrogens is 897 g/mol. The minimum atomic E-state index is -0.653. The Labute approximate surface area is 428 Å².